The summed E-state index contributed by atoms with van der Waals surface area (Å²) >= 11 is 0. The van der Waals surface area contributed by atoms with Crippen LogP contribution >= 0.6 is 0 Å². The van der Waals surface area contributed by atoms with Crippen LogP contribution in [0.15, 0.2) is 48.5 Å². The van der Waals surface area contributed by atoms with Gasteiger partial charge in [-0.15, -0.1) is 0 Å². The number of likely N-dealkylation sites (tertiary alicyclic amines) is 1. The summed E-state index contributed by atoms with van der Waals surface area (Å²) in [6, 6.07) is 13.7. The third kappa shape index (κ3) is 8.41. The molecule has 1 heterocycles. The van der Waals surface area contributed by atoms with Crippen molar-refractivity contribution in [1.82, 2.24) is 13.5 Å². The summed E-state index contributed by atoms with van der Waals surface area (Å²) in [4.78, 5) is 15.0. The molecule has 2 unspecified atom stereocenters. The molecule has 0 bridgehead atoms. The molecule has 1 N–H and O–H groups in total. The fraction of sp³-hybridized carbons (Fsp3) is 0.594. The average Bonchev–Trinajstić information content (AvgIpc) is 3.38. The van der Waals surface area contributed by atoms with E-state index in [1.165, 1.54) is 22.7 Å². The number of benzene rings is 2. The quantitative estimate of drug-likeness (QED) is 0.394. The molecule has 2 atom stereocenters. The zero-order valence-corrected chi connectivity index (χ0v) is 27.0. The molecule has 2 aliphatic rings. The van der Waals surface area contributed by atoms with Crippen molar-refractivity contribution in [3.8, 4) is 11.5 Å². The van der Waals surface area contributed by atoms with Gasteiger partial charge < -0.3 is 24.2 Å². The Balaban J connectivity index is 1.54. The molecule has 1 saturated carbocycles. The van der Waals surface area contributed by atoms with Crippen molar-refractivity contribution in [2.24, 2.45) is 0 Å². The predicted octanol–water partition coefficient (Wildman–Crippen LogP) is 5.13. The van der Waals surface area contributed by atoms with E-state index in [2.05, 4.69) is 6.07 Å². The van der Waals surface area contributed by atoms with E-state index in [0.29, 0.717) is 24.6 Å². The van der Waals surface area contributed by atoms with Crippen molar-refractivity contribution in [1.29, 1.82) is 0 Å². The van der Waals surface area contributed by atoms with Crippen molar-refractivity contribution < 1.29 is 32.5 Å². The lowest BCUT2D eigenvalue weighted by atomic mass is 9.82. The molecule has 238 valence electrons. The second-order valence-corrected chi connectivity index (χ2v) is 14.8. The zero-order valence-electron chi connectivity index (χ0n) is 26.2. The average molecular weight is 618 g/mol. The van der Waals surface area contributed by atoms with Crippen LogP contribution in [0, 0.1) is 0 Å². The Hall–Kier alpha value is -2.86. The van der Waals surface area contributed by atoms with E-state index in [4.69, 9.17) is 14.2 Å². The van der Waals surface area contributed by atoms with Crippen LogP contribution in [0.5, 0.6) is 11.5 Å². The third-order valence-electron chi connectivity index (χ3n) is 8.28. The minimum atomic E-state index is -3.86. The van der Waals surface area contributed by atoms with Crippen LogP contribution in [0.25, 0.3) is 0 Å². The summed E-state index contributed by atoms with van der Waals surface area (Å²) in [6.45, 7) is 6.17. The largest absolute Gasteiger partial charge is 0.508 e. The summed E-state index contributed by atoms with van der Waals surface area (Å²) in [7, 11) is 0.773. The van der Waals surface area contributed by atoms with Gasteiger partial charge in [-0.05, 0) is 94.2 Å². The van der Waals surface area contributed by atoms with Gasteiger partial charge in [0.15, 0.2) is 0 Å². The number of ether oxygens (including phenoxy) is 3. The molecule has 1 saturated heterocycles. The summed E-state index contributed by atoms with van der Waals surface area (Å²) in [5.74, 6) is 1.32. The van der Waals surface area contributed by atoms with Crippen LogP contribution < -0.4 is 4.74 Å². The molecule has 2 aromatic rings. The highest BCUT2D eigenvalue weighted by Gasteiger charge is 2.46. The molecule has 10 nitrogen and oxygen atoms in total. The van der Waals surface area contributed by atoms with Gasteiger partial charge >= 0.3 is 6.09 Å². The van der Waals surface area contributed by atoms with Gasteiger partial charge in [0.1, 0.15) is 17.1 Å². The Labute approximate surface area is 256 Å². The van der Waals surface area contributed by atoms with E-state index in [9.17, 15) is 18.3 Å². The first-order chi connectivity index (χ1) is 20.3. The first-order valence-corrected chi connectivity index (χ1v) is 16.4. The number of phenolic OH excluding ortho intramolecular Hbond substituents is 1. The zero-order chi connectivity index (χ0) is 31.4. The van der Waals surface area contributed by atoms with Crippen LogP contribution in [0.3, 0.4) is 0 Å². The maximum Gasteiger partial charge on any atom is 0.410 e. The van der Waals surface area contributed by atoms with Gasteiger partial charge in [0.2, 0.25) is 0 Å². The summed E-state index contributed by atoms with van der Waals surface area (Å²) in [6.07, 6.45) is 3.53. The maximum atomic E-state index is 13.7. The smallest absolute Gasteiger partial charge is 0.410 e. The number of methoxy groups -OCH3 is 1. The second kappa shape index (κ2) is 13.8. The fourth-order valence-electron chi connectivity index (χ4n) is 5.99. The molecule has 2 aromatic carbocycles. The molecule has 0 aromatic heterocycles. The number of aromatic hydroxyl groups is 1. The molecule has 1 amide bonds. The molecule has 0 radical (unpaired) electrons. The Morgan fingerprint density at radius 3 is 2.28 bits per heavy atom. The second-order valence-electron chi connectivity index (χ2n) is 12.7. The van der Waals surface area contributed by atoms with Gasteiger partial charge in [0.25, 0.3) is 10.2 Å². The maximum absolute atomic E-state index is 13.7. The van der Waals surface area contributed by atoms with Crippen LogP contribution in [0.4, 0.5) is 4.79 Å². The topological polar surface area (TPSA) is 109 Å². The first-order valence-electron chi connectivity index (χ1n) is 15.0. The number of hydrogen-bond donors (Lipinski definition) is 1. The highest BCUT2D eigenvalue weighted by Crippen LogP contribution is 2.36. The predicted molar refractivity (Wildman–Crippen MR) is 165 cm³/mol. The van der Waals surface area contributed by atoms with Crippen LogP contribution in [-0.2, 0) is 26.2 Å². The van der Waals surface area contributed by atoms with Gasteiger partial charge in [0.05, 0.1) is 31.9 Å². The van der Waals surface area contributed by atoms with Crippen molar-refractivity contribution in [3.63, 3.8) is 0 Å². The molecule has 2 fully saturated rings. The lowest BCUT2D eigenvalue weighted by Crippen LogP contribution is -2.54. The van der Waals surface area contributed by atoms with Gasteiger partial charge in [-0.2, -0.15) is 17.0 Å². The molecule has 11 heteroatoms. The van der Waals surface area contributed by atoms with Gasteiger partial charge in [-0.3, -0.25) is 0 Å². The van der Waals surface area contributed by atoms with E-state index < -0.39 is 34.0 Å². The molecular formula is C32H47N3O7S. The molecular weight excluding hydrogens is 570 g/mol. The Bertz CT molecular complexity index is 1320. The molecule has 1 aliphatic carbocycles. The molecule has 4 rings (SSSR count). The third-order valence-corrected chi connectivity index (χ3v) is 10.2. The van der Waals surface area contributed by atoms with E-state index in [-0.39, 0.29) is 25.0 Å². The standard InChI is InChI=1S/C32H47N3O7S/c1-32(2,3)42-31(37)34-19-18-29(35(43(38,39)33(4)5)21-23-10-14-27(40-6)15-11-23)30(34)22-41-28-16-12-24(13-17-28)25-8-7-9-26(36)20-25/h7-11,14-15,20,24,28-30,36H,12-13,16-19,21-22H2,1-6H3. The number of phenols is 1. The monoisotopic (exact) mass is 617 g/mol. The van der Waals surface area contributed by atoms with E-state index in [1.807, 2.05) is 57.2 Å². The highest BCUT2D eigenvalue weighted by molar-refractivity contribution is 7.86. The minimum Gasteiger partial charge on any atom is -0.508 e. The number of rotatable bonds is 10. The van der Waals surface area contributed by atoms with Crippen LogP contribution in [0.1, 0.15) is 69.9 Å². The lowest BCUT2D eigenvalue weighted by Gasteiger charge is -2.37. The number of nitrogens with zero attached hydrogens (tertiary/aromatic N) is 3. The Morgan fingerprint density at radius 1 is 1.02 bits per heavy atom. The van der Waals surface area contributed by atoms with E-state index in [0.717, 1.165) is 36.8 Å². The van der Waals surface area contributed by atoms with Crippen LogP contribution in [0.2, 0.25) is 0 Å². The number of amides is 1. The molecule has 1 aliphatic heterocycles. The van der Waals surface area contributed by atoms with Crippen molar-refractivity contribution >= 4 is 16.3 Å². The molecule has 0 spiro atoms. The summed E-state index contributed by atoms with van der Waals surface area (Å²) in [5, 5.41) is 9.90. The highest BCUT2D eigenvalue weighted by atomic mass is 32.2. The SMILES string of the molecule is COc1ccc(CN(C2CCN(C(=O)OC(C)(C)C)C2COC2CCC(c3cccc(O)c3)CC2)S(=O)(=O)N(C)C)cc1. The summed E-state index contributed by atoms with van der Waals surface area (Å²) < 4.78 is 47.7. The number of carbonyl (C=O) groups is 1. The van der Waals surface area contributed by atoms with Gasteiger partial charge in [0, 0.05) is 27.2 Å². The van der Waals surface area contributed by atoms with Crippen molar-refractivity contribution in [3.05, 3.63) is 59.7 Å². The van der Waals surface area contributed by atoms with Crippen LogP contribution in [-0.4, -0.2) is 91.3 Å². The number of hydrogen-bond acceptors (Lipinski definition) is 7. The summed E-state index contributed by atoms with van der Waals surface area (Å²) in [5.41, 5.74) is 1.25. The normalized spacial score (nSPS) is 23.1. The number of carbonyl (C=O) groups excluding carboxylic acids is 1. The molecule has 43 heavy (non-hydrogen) atoms. The van der Waals surface area contributed by atoms with Gasteiger partial charge in [-0.25, -0.2) is 4.79 Å². The Kier molecular flexibility index (Phi) is 10.6. The fourth-order valence-corrected chi connectivity index (χ4v) is 7.31. The van der Waals surface area contributed by atoms with E-state index >= 15 is 0 Å². The Morgan fingerprint density at radius 2 is 1.70 bits per heavy atom. The van der Waals surface area contributed by atoms with Crippen molar-refractivity contribution in [2.75, 3.05) is 34.4 Å². The minimum absolute atomic E-state index is 0.00390. The van der Waals surface area contributed by atoms with Gasteiger partial charge in [-0.1, -0.05) is 24.3 Å². The lowest BCUT2D eigenvalue weighted by molar-refractivity contribution is -0.0236. The van der Waals surface area contributed by atoms with Crippen molar-refractivity contribution in [2.45, 2.75) is 89.1 Å². The van der Waals surface area contributed by atoms with E-state index in [1.54, 1.807) is 18.1 Å². The first kappa shape index (κ1) is 33.0.